The normalized spacial score (nSPS) is 22.2. The van der Waals surface area contributed by atoms with Crippen LogP contribution in [-0.2, 0) is 9.45 Å². The number of unbranched alkanes of at least 4 members (excludes halogenated alkanes) is 1. The van der Waals surface area contributed by atoms with E-state index >= 15 is 0 Å². The molecule has 0 aromatic carbocycles. The van der Waals surface area contributed by atoms with E-state index in [0.29, 0.717) is 24.8 Å². The van der Waals surface area contributed by atoms with E-state index in [1.54, 1.807) is 0 Å². The highest BCUT2D eigenvalue weighted by Gasteiger charge is 2.44. The number of amides is 1. The van der Waals surface area contributed by atoms with Gasteiger partial charge in [-0.3, -0.25) is 9.59 Å². The number of hydrogen-bond donors (Lipinski definition) is 2. The predicted molar refractivity (Wildman–Crippen MR) is 162 cm³/mol. The number of rotatable bonds is 12. The van der Waals surface area contributed by atoms with E-state index < -0.39 is 6.04 Å². The summed E-state index contributed by atoms with van der Waals surface area (Å²) in [6.07, 6.45) is 25.3. The van der Waals surface area contributed by atoms with Crippen molar-refractivity contribution in [1.29, 1.82) is 0 Å². The molecule has 2 saturated carbocycles. The maximum atomic E-state index is 13.6. The first-order valence-corrected chi connectivity index (χ1v) is 16.5. The third-order valence-corrected chi connectivity index (χ3v) is 9.79. The Morgan fingerprint density at radius 1 is 0.816 bits per heavy atom. The number of nitrogens with two attached hydrogens (primary N) is 1. The van der Waals surface area contributed by atoms with Gasteiger partial charge in [0.2, 0.25) is 5.81 Å². The lowest BCUT2D eigenvalue weighted by Gasteiger charge is -2.42. The van der Waals surface area contributed by atoms with Gasteiger partial charge < -0.3 is 15.7 Å². The lowest BCUT2D eigenvalue weighted by atomic mass is 9.61. The summed E-state index contributed by atoms with van der Waals surface area (Å²) in [5, 5.41) is 3.02. The number of hydrogen-bond acceptors (Lipinski definition) is 4. The van der Waals surface area contributed by atoms with Gasteiger partial charge in [-0.1, -0.05) is 111 Å². The Balaban J connectivity index is 1.67. The van der Waals surface area contributed by atoms with E-state index in [9.17, 15) is 9.59 Å². The summed E-state index contributed by atoms with van der Waals surface area (Å²) in [6.45, 7) is 7.21. The highest BCUT2D eigenvalue weighted by Crippen LogP contribution is 2.44. The molecule has 0 saturated heterocycles. The zero-order valence-corrected chi connectivity index (χ0v) is 25.4. The maximum Gasteiger partial charge on any atom is 0.380 e. The first-order chi connectivity index (χ1) is 18.4. The fourth-order valence-corrected chi connectivity index (χ4v) is 6.80. The highest BCUT2D eigenvalue weighted by molar-refractivity contribution is 6.68. The number of carbonyl (C=O) groups excluding carboxylic acids is 2. The molecule has 2 aliphatic rings. The quantitative estimate of drug-likeness (QED) is 0.198. The molecule has 0 aliphatic heterocycles. The lowest BCUT2D eigenvalue weighted by molar-refractivity contribution is -0.136. The Morgan fingerprint density at radius 3 is 1.79 bits per heavy atom. The molecule has 2 aliphatic carbocycles. The third-order valence-electron chi connectivity index (χ3n) is 9.79. The van der Waals surface area contributed by atoms with Crippen LogP contribution in [-0.4, -0.2) is 37.8 Å². The minimum atomic E-state index is -0.409. The van der Waals surface area contributed by atoms with Crippen LogP contribution in [0.1, 0.15) is 156 Å². The van der Waals surface area contributed by atoms with E-state index in [-0.39, 0.29) is 30.6 Å². The van der Waals surface area contributed by atoms with E-state index in [1.807, 2.05) is 0 Å². The summed E-state index contributed by atoms with van der Waals surface area (Å²) in [7, 11) is 0.163. The van der Waals surface area contributed by atoms with Crippen molar-refractivity contribution in [3.63, 3.8) is 0 Å². The van der Waals surface area contributed by atoms with Crippen molar-refractivity contribution in [2.24, 2.45) is 23.0 Å². The Hall–Kier alpha value is -0.875. The first-order valence-electron chi connectivity index (χ1n) is 16.5. The smallest absolute Gasteiger partial charge is 0.380 e. The molecule has 5 nitrogen and oxygen atoms in total. The second-order valence-electron chi connectivity index (χ2n) is 13.0. The van der Waals surface area contributed by atoms with Gasteiger partial charge in [0.25, 0.3) is 0 Å². The second-order valence-corrected chi connectivity index (χ2v) is 13.0. The van der Waals surface area contributed by atoms with Gasteiger partial charge >= 0.3 is 7.48 Å². The summed E-state index contributed by atoms with van der Waals surface area (Å²) in [6, 6.07) is -0.409. The van der Waals surface area contributed by atoms with Crippen LogP contribution in [0.3, 0.4) is 0 Å². The Bertz CT molecular complexity index is 639. The van der Waals surface area contributed by atoms with Gasteiger partial charge in [0.05, 0.1) is 6.04 Å². The van der Waals surface area contributed by atoms with Gasteiger partial charge in [0.1, 0.15) is 0 Å². The van der Waals surface area contributed by atoms with Crippen molar-refractivity contribution >= 4 is 19.1 Å². The van der Waals surface area contributed by atoms with Crippen molar-refractivity contribution < 1.29 is 14.2 Å². The summed E-state index contributed by atoms with van der Waals surface area (Å²) in [5.74, 6) is 0.979. The largest absolute Gasteiger partial charge is 0.427 e. The van der Waals surface area contributed by atoms with Gasteiger partial charge in [-0.25, -0.2) is 0 Å². The Morgan fingerprint density at radius 2 is 1.29 bits per heavy atom. The van der Waals surface area contributed by atoms with E-state index in [1.165, 1.54) is 89.9 Å². The van der Waals surface area contributed by atoms with Crippen LogP contribution in [0.15, 0.2) is 0 Å². The monoisotopic (exact) mass is 532 g/mol. The minimum absolute atomic E-state index is 0.0202. The van der Waals surface area contributed by atoms with Gasteiger partial charge in [0, 0.05) is 18.1 Å². The van der Waals surface area contributed by atoms with Crippen molar-refractivity contribution in [2.75, 3.05) is 6.54 Å². The van der Waals surface area contributed by atoms with Crippen LogP contribution >= 0.6 is 0 Å². The topological polar surface area (TPSA) is 81.4 Å². The molecule has 0 radical (unpaired) electrons. The molecule has 2 fully saturated rings. The molecule has 6 heteroatoms. The second kappa shape index (κ2) is 19.2. The molecule has 2 atom stereocenters. The van der Waals surface area contributed by atoms with Crippen molar-refractivity contribution in [3.8, 4) is 0 Å². The molecule has 2 rings (SSSR count). The first kappa shape index (κ1) is 33.3. The zero-order valence-electron chi connectivity index (χ0n) is 25.4. The molecular weight excluding hydrogens is 471 g/mol. The lowest BCUT2D eigenvalue weighted by Crippen LogP contribution is -2.49. The maximum absolute atomic E-state index is 13.6. The zero-order chi connectivity index (χ0) is 27.6. The minimum Gasteiger partial charge on any atom is -0.427 e. The summed E-state index contributed by atoms with van der Waals surface area (Å²) in [5.41, 5.74) is 6.16. The molecule has 1 amide bonds. The number of Topliss-reactive ketones (excluding diaryl/α,β-unsaturated/α-hetero) is 1. The Kier molecular flexibility index (Phi) is 16.9. The number of nitrogens with one attached hydrogen (secondary N) is 1. The molecule has 0 heterocycles. The van der Waals surface area contributed by atoms with Crippen LogP contribution in [0.25, 0.3) is 0 Å². The predicted octanol–water partition coefficient (Wildman–Crippen LogP) is 7.83. The van der Waals surface area contributed by atoms with Gasteiger partial charge in [-0.05, 0) is 56.8 Å². The Labute approximate surface area is 235 Å². The molecule has 3 N–H and O–H groups in total. The van der Waals surface area contributed by atoms with Gasteiger partial charge in [-0.2, -0.15) is 0 Å². The summed E-state index contributed by atoms with van der Waals surface area (Å²) >= 11 is 0. The van der Waals surface area contributed by atoms with E-state index in [0.717, 1.165) is 38.5 Å². The van der Waals surface area contributed by atoms with Gasteiger partial charge in [0.15, 0.2) is 5.78 Å². The average molecular weight is 533 g/mol. The van der Waals surface area contributed by atoms with Crippen molar-refractivity contribution in [3.05, 3.63) is 0 Å². The van der Waals surface area contributed by atoms with Crippen LogP contribution in [0.2, 0.25) is 0 Å². The van der Waals surface area contributed by atoms with E-state index in [2.05, 4.69) is 26.1 Å². The molecule has 220 valence electrons. The standard InChI is InChI=1S/C32H61BN2O3/c1-26(2)32(3,27-20-14-10-9-11-15-21-27)30(36)29(34)24-18-19-25-35-31(37)33-38-28-22-16-12-7-5-4-6-8-13-17-23-28/h26-29,33H,4-25,34H2,1-3H3,(H,35,37). The van der Waals surface area contributed by atoms with Crippen LogP contribution in [0.4, 0.5) is 4.79 Å². The molecule has 2 unspecified atom stereocenters. The molecule has 0 aromatic heterocycles. The highest BCUT2D eigenvalue weighted by atomic mass is 16.4. The van der Waals surface area contributed by atoms with Crippen molar-refractivity contribution in [1.82, 2.24) is 5.32 Å². The molecular formula is C32H61BN2O3. The number of carbonyl (C=O) groups is 2. The number of ketones is 1. The van der Waals surface area contributed by atoms with Crippen LogP contribution in [0, 0.1) is 17.3 Å². The molecule has 0 aromatic rings. The molecule has 38 heavy (non-hydrogen) atoms. The fourth-order valence-electron chi connectivity index (χ4n) is 6.80. The fraction of sp³-hybridized carbons (Fsp3) is 0.938. The summed E-state index contributed by atoms with van der Waals surface area (Å²) < 4.78 is 6.03. The average Bonchev–Trinajstić information content (AvgIpc) is 2.87. The van der Waals surface area contributed by atoms with Crippen molar-refractivity contribution in [2.45, 2.75) is 168 Å². The molecule has 0 bridgehead atoms. The van der Waals surface area contributed by atoms with Crippen LogP contribution < -0.4 is 11.1 Å². The third kappa shape index (κ3) is 12.1. The SMILES string of the molecule is CC(C)C(C)(C(=O)C(N)CCCCNC(=O)BOC1CCCCCCCCCCC1)C1CCCCCCC1. The van der Waals surface area contributed by atoms with E-state index in [4.69, 9.17) is 10.4 Å². The van der Waals surface area contributed by atoms with Gasteiger partial charge in [-0.15, -0.1) is 0 Å². The van der Waals surface area contributed by atoms with Crippen LogP contribution in [0.5, 0.6) is 0 Å². The molecule has 0 spiro atoms. The summed E-state index contributed by atoms with van der Waals surface area (Å²) in [4.78, 5) is 26.0.